The molecule has 1 aromatic carbocycles. The van der Waals surface area contributed by atoms with Gasteiger partial charge in [0.2, 0.25) is 6.10 Å². The van der Waals surface area contributed by atoms with Crippen molar-refractivity contribution in [3.63, 3.8) is 0 Å². The van der Waals surface area contributed by atoms with Crippen LogP contribution in [0.1, 0.15) is 0 Å². The number of fused-ring (bicyclic) bond motifs is 1. The second-order valence-corrected chi connectivity index (χ2v) is 4.15. The quantitative estimate of drug-likeness (QED) is 0.853. The number of benzene rings is 1. The zero-order chi connectivity index (χ0) is 13.4. The summed E-state index contributed by atoms with van der Waals surface area (Å²) in [6.45, 7) is 0.908. The number of anilines is 1. The van der Waals surface area contributed by atoms with Crippen molar-refractivity contribution < 1.29 is 28.9 Å². The Kier molecular flexibility index (Phi) is 2.66. The van der Waals surface area contributed by atoms with Gasteiger partial charge in [0, 0.05) is 6.07 Å². The molecule has 7 heteroatoms. The topological polar surface area (TPSA) is 85.3 Å². The summed E-state index contributed by atoms with van der Waals surface area (Å²) in [6.07, 6.45) is -1.82. The Morgan fingerprint density at radius 2 is 2.00 bits per heavy atom. The van der Waals surface area contributed by atoms with Crippen LogP contribution in [0.2, 0.25) is 0 Å². The molecule has 1 unspecified atom stereocenters. The minimum Gasteiger partial charge on any atom is -0.486 e. The Labute approximate surface area is 108 Å². The van der Waals surface area contributed by atoms with Crippen LogP contribution < -0.4 is 14.4 Å². The summed E-state index contributed by atoms with van der Waals surface area (Å²) in [5.41, 5.74) is 0.526. The third-order valence-corrected chi connectivity index (χ3v) is 2.92. The van der Waals surface area contributed by atoms with Gasteiger partial charge in [-0.25, -0.2) is 9.59 Å². The zero-order valence-corrected chi connectivity index (χ0v) is 9.87. The van der Waals surface area contributed by atoms with Crippen LogP contribution in [0.15, 0.2) is 18.2 Å². The van der Waals surface area contributed by atoms with Crippen LogP contribution in [0.4, 0.5) is 10.5 Å². The predicted molar refractivity (Wildman–Crippen MR) is 62.7 cm³/mol. The Balaban J connectivity index is 1.86. The minimum absolute atomic E-state index is 0.0200. The van der Waals surface area contributed by atoms with Crippen LogP contribution in [0.5, 0.6) is 11.5 Å². The van der Waals surface area contributed by atoms with Gasteiger partial charge in [-0.15, -0.1) is 0 Å². The maximum Gasteiger partial charge on any atom is 0.415 e. The smallest absolute Gasteiger partial charge is 0.415 e. The van der Waals surface area contributed by atoms with E-state index in [4.69, 9.17) is 19.3 Å². The second-order valence-electron chi connectivity index (χ2n) is 4.15. The van der Waals surface area contributed by atoms with Gasteiger partial charge in [-0.05, 0) is 12.1 Å². The van der Waals surface area contributed by atoms with Crippen molar-refractivity contribution in [1.29, 1.82) is 0 Å². The van der Waals surface area contributed by atoms with E-state index in [1.165, 1.54) is 4.90 Å². The summed E-state index contributed by atoms with van der Waals surface area (Å²) in [4.78, 5) is 23.7. The first kappa shape index (κ1) is 11.6. The van der Waals surface area contributed by atoms with Crippen molar-refractivity contribution >= 4 is 17.7 Å². The molecular weight excluding hydrogens is 254 g/mol. The fourth-order valence-electron chi connectivity index (χ4n) is 2.00. The minimum atomic E-state index is -1.16. The van der Waals surface area contributed by atoms with Crippen LogP contribution in [-0.4, -0.2) is 43.0 Å². The number of hydrogen-bond acceptors (Lipinski definition) is 5. The van der Waals surface area contributed by atoms with E-state index in [0.29, 0.717) is 30.4 Å². The van der Waals surface area contributed by atoms with Crippen molar-refractivity contribution in [1.82, 2.24) is 0 Å². The van der Waals surface area contributed by atoms with E-state index >= 15 is 0 Å². The third-order valence-electron chi connectivity index (χ3n) is 2.92. The van der Waals surface area contributed by atoms with E-state index in [0.717, 1.165) is 0 Å². The fraction of sp³-hybridized carbons (Fsp3) is 0.333. The highest BCUT2D eigenvalue weighted by molar-refractivity contribution is 5.94. The van der Waals surface area contributed by atoms with E-state index < -0.39 is 18.2 Å². The van der Waals surface area contributed by atoms with Gasteiger partial charge in [0.25, 0.3) is 0 Å². The lowest BCUT2D eigenvalue weighted by Crippen LogP contribution is -2.27. The number of hydrogen-bond donors (Lipinski definition) is 1. The maximum atomic E-state index is 11.6. The summed E-state index contributed by atoms with van der Waals surface area (Å²) in [5, 5.41) is 8.84. The molecule has 0 aliphatic carbocycles. The number of nitrogens with zero attached hydrogens (tertiary/aromatic N) is 1. The number of aliphatic carboxylic acids is 1. The molecule has 1 N–H and O–H groups in total. The number of carbonyl (C=O) groups is 2. The average molecular weight is 265 g/mol. The molecule has 3 rings (SSSR count). The highest BCUT2D eigenvalue weighted by Crippen LogP contribution is 2.35. The van der Waals surface area contributed by atoms with Gasteiger partial charge in [-0.3, -0.25) is 4.90 Å². The summed E-state index contributed by atoms with van der Waals surface area (Å²) in [6, 6.07) is 4.99. The Hall–Kier alpha value is -2.44. The molecule has 0 radical (unpaired) electrons. The van der Waals surface area contributed by atoms with Gasteiger partial charge in [-0.2, -0.15) is 0 Å². The summed E-state index contributed by atoms with van der Waals surface area (Å²) >= 11 is 0. The van der Waals surface area contributed by atoms with Crippen LogP contribution >= 0.6 is 0 Å². The first-order valence-electron chi connectivity index (χ1n) is 5.76. The molecule has 0 aromatic heterocycles. The van der Waals surface area contributed by atoms with Crippen molar-refractivity contribution in [2.75, 3.05) is 24.7 Å². The van der Waals surface area contributed by atoms with Gasteiger partial charge in [0.05, 0.1) is 12.2 Å². The molecule has 2 heterocycles. The number of rotatable bonds is 2. The van der Waals surface area contributed by atoms with Gasteiger partial charge in [0.15, 0.2) is 11.5 Å². The van der Waals surface area contributed by atoms with Crippen LogP contribution in [0.25, 0.3) is 0 Å². The van der Waals surface area contributed by atoms with Gasteiger partial charge < -0.3 is 19.3 Å². The molecule has 1 fully saturated rings. The van der Waals surface area contributed by atoms with E-state index in [1.54, 1.807) is 18.2 Å². The van der Waals surface area contributed by atoms with Crippen LogP contribution in [0, 0.1) is 0 Å². The molecule has 100 valence electrons. The van der Waals surface area contributed by atoms with E-state index in [2.05, 4.69) is 0 Å². The molecule has 2 aliphatic rings. The number of carboxylic acids is 1. The summed E-state index contributed by atoms with van der Waals surface area (Å²) in [7, 11) is 0. The van der Waals surface area contributed by atoms with Crippen LogP contribution in [0.3, 0.4) is 0 Å². The molecule has 1 aromatic rings. The molecule has 7 nitrogen and oxygen atoms in total. The molecule has 2 aliphatic heterocycles. The molecule has 1 saturated heterocycles. The van der Waals surface area contributed by atoms with E-state index in [9.17, 15) is 9.59 Å². The van der Waals surface area contributed by atoms with Crippen molar-refractivity contribution in [2.45, 2.75) is 6.10 Å². The van der Waals surface area contributed by atoms with Gasteiger partial charge >= 0.3 is 12.1 Å². The molecule has 1 atom stereocenters. The van der Waals surface area contributed by atoms with Crippen molar-refractivity contribution in [3.8, 4) is 11.5 Å². The molecule has 0 saturated carbocycles. The Morgan fingerprint density at radius 1 is 1.26 bits per heavy atom. The average Bonchev–Trinajstić information content (AvgIpc) is 2.80. The number of amides is 1. The monoisotopic (exact) mass is 265 g/mol. The zero-order valence-electron chi connectivity index (χ0n) is 9.87. The molecule has 19 heavy (non-hydrogen) atoms. The van der Waals surface area contributed by atoms with Crippen molar-refractivity contribution in [2.24, 2.45) is 0 Å². The Morgan fingerprint density at radius 3 is 2.68 bits per heavy atom. The summed E-state index contributed by atoms with van der Waals surface area (Å²) in [5.74, 6) is -0.0129. The van der Waals surface area contributed by atoms with Gasteiger partial charge in [0.1, 0.15) is 13.2 Å². The van der Waals surface area contributed by atoms with Crippen LogP contribution in [-0.2, 0) is 9.53 Å². The Bertz CT molecular complexity index is 543. The highest BCUT2D eigenvalue weighted by atomic mass is 16.6. The van der Waals surface area contributed by atoms with E-state index in [-0.39, 0.29) is 6.54 Å². The molecule has 1 amide bonds. The SMILES string of the molecule is O=C(O)C1CN(c2ccc3c(c2)OCCO3)C(=O)O1. The molecular formula is C12H11NO6. The first-order valence-corrected chi connectivity index (χ1v) is 5.76. The first-order chi connectivity index (χ1) is 9.15. The normalized spacial score (nSPS) is 21.2. The number of carbonyl (C=O) groups excluding carboxylic acids is 1. The predicted octanol–water partition coefficient (Wildman–Crippen LogP) is 0.868. The van der Waals surface area contributed by atoms with Gasteiger partial charge in [-0.1, -0.05) is 0 Å². The number of ether oxygens (including phenoxy) is 3. The second kappa shape index (κ2) is 4.34. The lowest BCUT2D eigenvalue weighted by atomic mass is 10.2. The maximum absolute atomic E-state index is 11.6. The molecule has 0 spiro atoms. The third kappa shape index (κ3) is 2.03. The highest BCUT2D eigenvalue weighted by Gasteiger charge is 2.37. The fourth-order valence-corrected chi connectivity index (χ4v) is 2.00. The lowest BCUT2D eigenvalue weighted by molar-refractivity contribution is -0.144. The molecule has 0 bridgehead atoms. The summed E-state index contributed by atoms with van der Waals surface area (Å²) < 4.78 is 15.5. The number of carboxylic acid groups (broad SMARTS) is 1. The largest absolute Gasteiger partial charge is 0.486 e. The lowest BCUT2D eigenvalue weighted by Gasteiger charge is -2.20. The van der Waals surface area contributed by atoms with Crippen molar-refractivity contribution in [3.05, 3.63) is 18.2 Å². The number of cyclic esters (lactones) is 1. The standard InChI is InChI=1S/C12H11NO6/c14-11(15)10-6-13(12(16)19-10)7-1-2-8-9(5-7)18-4-3-17-8/h1-2,5,10H,3-4,6H2,(H,14,15). The van der Waals surface area contributed by atoms with E-state index in [1.807, 2.05) is 0 Å².